The summed E-state index contributed by atoms with van der Waals surface area (Å²) >= 11 is 0. The molecule has 6 heteroatoms. The van der Waals surface area contributed by atoms with E-state index in [9.17, 15) is 4.79 Å². The lowest BCUT2D eigenvalue weighted by molar-refractivity contribution is 0.411. The van der Waals surface area contributed by atoms with E-state index in [-0.39, 0.29) is 5.76 Å². The Hall–Kier alpha value is -3.41. The molecule has 6 nitrogen and oxygen atoms in total. The molecule has 0 bridgehead atoms. The van der Waals surface area contributed by atoms with Gasteiger partial charge in [0.25, 0.3) is 5.89 Å². The number of nitrogens with zero attached hydrogens (tertiary/aromatic N) is 3. The van der Waals surface area contributed by atoms with Crippen LogP contribution >= 0.6 is 0 Å². The third kappa shape index (κ3) is 2.97. The molecule has 0 aliphatic heterocycles. The van der Waals surface area contributed by atoms with Crippen LogP contribution in [-0.2, 0) is 6.54 Å². The molecule has 0 spiro atoms. The van der Waals surface area contributed by atoms with Gasteiger partial charge in [0.05, 0.1) is 5.52 Å². The van der Waals surface area contributed by atoms with Crippen molar-refractivity contribution in [2.45, 2.75) is 20.4 Å². The molecule has 0 amide bonds. The van der Waals surface area contributed by atoms with Crippen molar-refractivity contribution in [1.29, 1.82) is 0 Å². The van der Waals surface area contributed by atoms with Gasteiger partial charge in [-0.25, -0.2) is 4.79 Å². The van der Waals surface area contributed by atoms with Gasteiger partial charge in [0.15, 0.2) is 5.58 Å². The zero-order valence-corrected chi connectivity index (χ0v) is 14.5. The maximum absolute atomic E-state index is 11.8. The number of aryl methyl sites for hydroxylation is 2. The Balaban J connectivity index is 1.62. The second kappa shape index (κ2) is 6.48. The third-order valence-corrected chi connectivity index (χ3v) is 4.18. The van der Waals surface area contributed by atoms with Crippen LogP contribution in [0.3, 0.4) is 0 Å². The first-order valence-corrected chi connectivity index (χ1v) is 8.36. The van der Waals surface area contributed by atoms with Gasteiger partial charge in [-0.1, -0.05) is 35.0 Å². The second-order valence-corrected chi connectivity index (χ2v) is 5.99. The van der Waals surface area contributed by atoms with E-state index in [4.69, 9.17) is 8.94 Å². The minimum absolute atomic E-state index is 0.366. The summed E-state index contributed by atoms with van der Waals surface area (Å²) in [6.07, 6.45) is 3.69. The molecule has 0 atom stereocenters. The molecule has 0 aliphatic rings. The minimum Gasteiger partial charge on any atom is -0.408 e. The van der Waals surface area contributed by atoms with Crippen molar-refractivity contribution in [2.75, 3.05) is 0 Å². The molecule has 26 heavy (non-hydrogen) atoms. The largest absolute Gasteiger partial charge is 0.419 e. The summed E-state index contributed by atoms with van der Waals surface area (Å²) in [6.45, 7) is 4.50. The molecule has 2 aromatic heterocycles. The maximum atomic E-state index is 11.8. The number of aromatic nitrogens is 3. The molecule has 0 N–H and O–H groups in total. The van der Waals surface area contributed by atoms with Gasteiger partial charge < -0.3 is 8.94 Å². The van der Waals surface area contributed by atoms with Gasteiger partial charge in [-0.2, -0.15) is 4.98 Å². The molecule has 0 saturated carbocycles. The predicted molar refractivity (Wildman–Crippen MR) is 99.5 cm³/mol. The lowest BCUT2D eigenvalue weighted by Crippen LogP contribution is -2.11. The van der Waals surface area contributed by atoms with Crippen LogP contribution in [-0.4, -0.2) is 14.7 Å². The van der Waals surface area contributed by atoms with Crippen LogP contribution in [0.5, 0.6) is 0 Å². The molecule has 4 aromatic rings. The summed E-state index contributed by atoms with van der Waals surface area (Å²) < 4.78 is 12.1. The van der Waals surface area contributed by atoms with E-state index in [0.29, 0.717) is 23.8 Å². The summed E-state index contributed by atoms with van der Waals surface area (Å²) in [4.78, 5) is 16.2. The monoisotopic (exact) mass is 347 g/mol. The lowest BCUT2D eigenvalue weighted by Gasteiger charge is -1.97. The highest BCUT2D eigenvalue weighted by Crippen LogP contribution is 2.22. The van der Waals surface area contributed by atoms with Crippen LogP contribution in [0.4, 0.5) is 0 Å². The van der Waals surface area contributed by atoms with Gasteiger partial charge in [0, 0.05) is 18.2 Å². The maximum Gasteiger partial charge on any atom is 0.419 e. The SMILES string of the molecule is CCn1c(=O)oc2cc(-c3noc(C=Cc4ccc(C)cc4)n3)ccc21. The van der Waals surface area contributed by atoms with Crippen LogP contribution < -0.4 is 5.76 Å². The zero-order valence-electron chi connectivity index (χ0n) is 14.5. The summed E-state index contributed by atoms with van der Waals surface area (Å²) in [7, 11) is 0. The van der Waals surface area contributed by atoms with Crippen LogP contribution in [0.25, 0.3) is 34.6 Å². The highest BCUT2D eigenvalue weighted by Gasteiger charge is 2.12. The predicted octanol–water partition coefficient (Wildman–Crippen LogP) is 4.14. The minimum atomic E-state index is -0.366. The number of benzene rings is 2. The molecular weight excluding hydrogens is 330 g/mol. The molecule has 130 valence electrons. The fraction of sp³-hybridized carbons (Fsp3) is 0.150. The molecule has 0 radical (unpaired) electrons. The van der Waals surface area contributed by atoms with Gasteiger partial charge in [0.1, 0.15) is 0 Å². The molecule has 0 saturated heterocycles. The van der Waals surface area contributed by atoms with Crippen molar-refractivity contribution in [3.05, 3.63) is 70.0 Å². The fourth-order valence-electron chi connectivity index (χ4n) is 2.77. The molecule has 2 aromatic carbocycles. The van der Waals surface area contributed by atoms with E-state index in [2.05, 4.69) is 10.1 Å². The first kappa shape index (κ1) is 16.1. The lowest BCUT2D eigenvalue weighted by atomic mass is 10.1. The standard InChI is InChI=1S/C20H17N3O3/c1-3-23-16-10-9-15(12-17(16)25-20(23)24)19-21-18(26-22-19)11-8-14-6-4-13(2)5-7-14/h4-12H,3H2,1-2H3. The Morgan fingerprint density at radius 3 is 2.69 bits per heavy atom. The summed E-state index contributed by atoms with van der Waals surface area (Å²) in [5.41, 5.74) is 4.26. The van der Waals surface area contributed by atoms with Crippen molar-refractivity contribution in [3.8, 4) is 11.4 Å². The molecule has 4 rings (SSSR count). The number of oxazole rings is 1. The fourth-order valence-corrected chi connectivity index (χ4v) is 2.77. The van der Waals surface area contributed by atoms with Gasteiger partial charge in [0.2, 0.25) is 5.82 Å². The first-order chi connectivity index (χ1) is 12.6. The summed E-state index contributed by atoms with van der Waals surface area (Å²) in [6, 6.07) is 13.6. The Labute approximate surface area is 149 Å². The Morgan fingerprint density at radius 1 is 1.12 bits per heavy atom. The Morgan fingerprint density at radius 2 is 1.92 bits per heavy atom. The highest BCUT2D eigenvalue weighted by atomic mass is 16.5. The number of rotatable bonds is 4. The van der Waals surface area contributed by atoms with Gasteiger partial charge >= 0.3 is 5.76 Å². The molecule has 0 fully saturated rings. The van der Waals surface area contributed by atoms with Crippen LogP contribution in [0.2, 0.25) is 0 Å². The van der Waals surface area contributed by atoms with Crippen molar-refractivity contribution in [3.63, 3.8) is 0 Å². The summed E-state index contributed by atoms with van der Waals surface area (Å²) in [5.74, 6) is 0.491. The molecule has 0 aliphatic carbocycles. The zero-order chi connectivity index (χ0) is 18.1. The smallest absolute Gasteiger partial charge is 0.408 e. The quantitative estimate of drug-likeness (QED) is 0.554. The van der Waals surface area contributed by atoms with E-state index in [1.54, 1.807) is 16.7 Å². The van der Waals surface area contributed by atoms with Gasteiger partial charge in [-0.15, -0.1) is 0 Å². The van der Waals surface area contributed by atoms with Crippen molar-refractivity contribution in [2.24, 2.45) is 0 Å². The normalized spacial score (nSPS) is 11.6. The molecule has 2 heterocycles. The first-order valence-electron chi connectivity index (χ1n) is 8.36. The highest BCUT2D eigenvalue weighted by molar-refractivity contribution is 5.79. The van der Waals surface area contributed by atoms with Crippen LogP contribution in [0.1, 0.15) is 23.9 Å². The van der Waals surface area contributed by atoms with Crippen molar-refractivity contribution < 1.29 is 8.94 Å². The average molecular weight is 347 g/mol. The summed E-state index contributed by atoms with van der Waals surface area (Å²) in [5, 5.41) is 4.01. The number of hydrogen-bond donors (Lipinski definition) is 0. The van der Waals surface area contributed by atoms with Crippen LogP contribution in [0.15, 0.2) is 56.2 Å². The van der Waals surface area contributed by atoms with Crippen molar-refractivity contribution in [1.82, 2.24) is 14.7 Å². The van der Waals surface area contributed by atoms with Crippen molar-refractivity contribution >= 4 is 23.3 Å². The second-order valence-electron chi connectivity index (χ2n) is 5.99. The van der Waals surface area contributed by atoms with Gasteiger partial charge in [-0.3, -0.25) is 4.57 Å². The van der Waals surface area contributed by atoms with E-state index >= 15 is 0 Å². The topological polar surface area (TPSA) is 74.1 Å². The number of fused-ring (bicyclic) bond motifs is 1. The van der Waals surface area contributed by atoms with Gasteiger partial charge in [-0.05, 0) is 43.7 Å². The molecular formula is C20H17N3O3. The Kier molecular flexibility index (Phi) is 4.01. The van der Waals surface area contributed by atoms with E-state index in [0.717, 1.165) is 16.6 Å². The molecule has 0 unspecified atom stereocenters. The van der Waals surface area contributed by atoms with E-state index in [1.165, 1.54) is 5.56 Å². The Bertz CT molecular complexity index is 1150. The average Bonchev–Trinajstić information content (AvgIpc) is 3.24. The van der Waals surface area contributed by atoms with E-state index < -0.39 is 0 Å². The van der Waals surface area contributed by atoms with E-state index in [1.807, 2.05) is 56.3 Å². The third-order valence-electron chi connectivity index (χ3n) is 4.18. The number of hydrogen-bond acceptors (Lipinski definition) is 5. The van der Waals surface area contributed by atoms with Crippen LogP contribution in [0, 0.1) is 6.92 Å².